The van der Waals surface area contributed by atoms with Gasteiger partial charge in [-0.1, -0.05) is 45.0 Å². The van der Waals surface area contributed by atoms with Crippen LogP contribution in [0.3, 0.4) is 0 Å². The van der Waals surface area contributed by atoms with Gasteiger partial charge in [0.15, 0.2) is 0 Å². The van der Waals surface area contributed by atoms with Crippen LogP contribution in [0, 0.1) is 0 Å². The Morgan fingerprint density at radius 3 is 2.26 bits per heavy atom. The summed E-state index contributed by atoms with van der Waals surface area (Å²) >= 11 is 1.63. The molecule has 0 aromatic heterocycles. The van der Waals surface area contributed by atoms with Crippen LogP contribution in [0.25, 0.3) is 0 Å². The summed E-state index contributed by atoms with van der Waals surface area (Å²) in [6.45, 7) is 5.76. The van der Waals surface area contributed by atoms with E-state index in [0.717, 1.165) is 18.2 Å². The van der Waals surface area contributed by atoms with E-state index in [-0.39, 0.29) is 15.3 Å². The predicted octanol–water partition coefficient (Wildman–Crippen LogP) is 4.55. The maximum Gasteiger partial charge on any atom is 0.416 e. The second kappa shape index (κ2) is 9.95. The summed E-state index contributed by atoms with van der Waals surface area (Å²) < 4.78 is 66.5. The molecule has 0 atom stereocenters. The fourth-order valence-corrected chi connectivity index (χ4v) is 4.86. The normalized spacial score (nSPS) is 12.5. The van der Waals surface area contributed by atoms with Gasteiger partial charge in [-0.05, 0) is 30.3 Å². The van der Waals surface area contributed by atoms with Crippen molar-refractivity contribution in [3.05, 3.63) is 60.2 Å². The molecule has 5 nitrogen and oxygen atoms in total. The van der Waals surface area contributed by atoms with Gasteiger partial charge in [-0.2, -0.15) is 24.9 Å². The van der Waals surface area contributed by atoms with Crippen molar-refractivity contribution in [1.29, 1.82) is 0 Å². The van der Waals surface area contributed by atoms with Crippen LogP contribution in [0.5, 0.6) is 0 Å². The van der Waals surface area contributed by atoms with Crippen molar-refractivity contribution < 1.29 is 26.4 Å². The minimum absolute atomic E-state index is 0.00540. The van der Waals surface area contributed by atoms with Crippen LogP contribution in [0.2, 0.25) is 0 Å². The average molecular weight is 475 g/mol. The number of hydrogen-bond donors (Lipinski definition) is 1. The molecule has 0 fully saturated rings. The number of nitrogens with one attached hydrogen (secondary N) is 1. The molecule has 0 bridgehead atoms. The lowest BCUT2D eigenvalue weighted by Gasteiger charge is -2.25. The zero-order chi connectivity index (χ0) is 23.3. The van der Waals surface area contributed by atoms with Gasteiger partial charge in [0, 0.05) is 17.0 Å². The van der Waals surface area contributed by atoms with Crippen LogP contribution in [0.1, 0.15) is 26.3 Å². The molecule has 0 radical (unpaired) electrons. The molecule has 0 aliphatic rings. The highest BCUT2D eigenvalue weighted by Gasteiger charge is 2.33. The Morgan fingerprint density at radius 1 is 1.03 bits per heavy atom. The predicted molar refractivity (Wildman–Crippen MR) is 118 cm³/mol. The van der Waals surface area contributed by atoms with Crippen LogP contribution in [0.4, 0.5) is 18.9 Å². The van der Waals surface area contributed by atoms with Gasteiger partial charge in [0.25, 0.3) is 10.0 Å². The van der Waals surface area contributed by atoms with Crippen LogP contribution < -0.4 is 9.62 Å². The molecular formula is C21H25F3N2O3S2. The molecule has 1 amide bonds. The Labute approximate surface area is 185 Å². The topological polar surface area (TPSA) is 66.5 Å². The van der Waals surface area contributed by atoms with E-state index < -0.39 is 34.2 Å². The van der Waals surface area contributed by atoms with Crippen molar-refractivity contribution >= 4 is 33.4 Å². The molecule has 10 heteroatoms. The number of carbonyl (C=O) groups is 1. The number of nitrogens with zero attached hydrogens (tertiary/aromatic N) is 1. The average Bonchev–Trinajstić information content (AvgIpc) is 2.69. The number of carbonyl (C=O) groups excluding carboxylic acids is 1. The maximum absolute atomic E-state index is 13.2. The lowest BCUT2D eigenvalue weighted by molar-refractivity contribution is -0.137. The molecule has 0 unspecified atom stereocenters. The van der Waals surface area contributed by atoms with E-state index in [4.69, 9.17) is 0 Å². The molecule has 2 aromatic carbocycles. The largest absolute Gasteiger partial charge is 0.416 e. The summed E-state index contributed by atoms with van der Waals surface area (Å²) in [6.07, 6.45) is -4.65. The number of amides is 1. The lowest BCUT2D eigenvalue weighted by atomic mass is 10.2. The van der Waals surface area contributed by atoms with E-state index in [1.165, 1.54) is 30.3 Å². The highest BCUT2D eigenvalue weighted by Crippen LogP contribution is 2.33. The molecule has 2 aromatic rings. The Morgan fingerprint density at radius 2 is 1.68 bits per heavy atom. The second-order valence-corrected chi connectivity index (χ2v) is 11.5. The number of rotatable bonds is 8. The first kappa shape index (κ1) is 25.1. The SMILES string of the molecule is CC(C)(C)SCCNC(=O)CN(c1cccc(C(F)(F)F)c1)S(=O)(=O)c1ccccc1. The number of thioether (sulfide) groups is 1. The summed E-state index contributed by atoms with van der Waals surface area (Å²) in [5.41, 5.74) is -1.24. The zero-order valence-electron chi connectivity index (χ0n) is 17.4. The minimum atomic E-state index is -4.65. The van der Waals surface area contributed by atoms with Crippen molar-refractivity contribution in [2.24, 2.45) is 0 Å². The zero-order valence-corrected chi connectivity index (χ0v) is 19.1. The lowest BCUT2D eigenvalue weighted by Crippen LogP contribution is -2.41. The Kier molecular flexibility index (Phi) is 8.04. The highest BCUT2D eigenvalue weighted by molar-refractivity contribution is 8.00. The first-order valence-electron chi connectivity index (χ1n) is 9.46. The Balaban J connectivity index is 2.31. The fourth-order valence-electron chi connectivity index (χ4n) is 2.61. The van der Waals surface area contributed by atoms with Gasteiger partial charge in [0.05, 0.1) is 16.1 Å². The van der Waals surface area contributed by atoms with Gasteiger partial charge in [0.1, 0.15) is 6.54 Å². The quantitative estimate of drug-likeness (QED) is 0.570. The van der Waals surface area contributed by atoms with E-state index in [1.54, 1.807) is 17.8 Å². The molecular weight excluding hydrogens is 449 g/mol. The number of hydrogen-bond acceptors (Lipinski definition) is 4. The van der Waals surface area contributed by atoms with Gasteiger partial charge in [0.2, 0.25) is 5.91 Å². The van der Waals surface area contributed by atoms with Crippen molar-refractivity contribution in [2.45, 2.75) is 36.6 Å². The molecule has 0 spiro atoms. The number of sulfonamides is 1. The monoisotopic (exact) mass is 474 g/mol. The molecule has 0 heterocycles. The first-order valence-corrected chi connectivity index (χ1v) is 11.9. The number of alkyl halides is 3. The van der Waals surface area contributed by atoms with Crippen LogP contribution in [0.15, 0.2) is 59.5 Å². The molecule has 31 heavy (non-hydrogen) atoms. The molecule has 0 aliphatic heterocycles. The Hall–Kier alpha value is -2.20. The van der Waals surface area contributed by atoms with E-state index >= 15 is 0 Å². The van der Waals surface area contributed by atoms with Crippen LogP contribution >= 0.6 is 11.8 Å². The van der Waals surface area contributed by atoms with Crippen molar-refractivity contribution in [3.63, 3.8) is 0 Å². The van der Waals surface area contributed by atoms with Crippen LogP contribution in [-0.4, -0.2) is 37.9 Å². The summed E-state index contributed by atoms with van der Waals surface area (Å²) in [7, 11) is -4.27. The number of halogens is 3. The summed E-state index contributed by atoms with van der Waals surface area (Å²) in [5, 5.41) is 2.64. The van der Waals surface area contributed by atoms with Crippen molar-refractivity contribution in [3.8, 4) is 0 Å². The third-order valence-electron chi connectivity index (χ3n) is 4.04. The van der Waals surface area contributed by atoms with Gasteiger partial charge in [-0.15, -0.1) is 0 Å². The molecule has 0 saturated heterocycles. The van der Waals surface area contributed by atoms with E-state index in [9.17, 15) is 26.4 Å². The standard InChI is InChI=1S/C21H25F3N2O3S2/c1-20(2,3)30-13-12-25-19(27)15-26(31(28,29)18-10-5-4-6-11-18)17-9-7-8-16(14-17)21(22,23)24/h4-11,14H,12-13,15H2,1-3H3,(H,25,27). The minimum Gasteiger partial charge on any atom is -0.354 e. The van der Waals surface area contributed by atoms with Gasteiger partial charge in [-0.3, -0.25) is 9.10 Å². The third-order valence-corrected chi connectivity index (χ3v) is 7.10. The molecule has 2 rings (SSSR count). The second-order valence-electron chi connectivity index (χ2n) is 7.68. The Bertz CT molecular complexity index is 989. The molecule has 170 valence electrons. The third kappa shape index (κ3) is 7.46. The summed E-state index contributed by atoms with van der Waals surface area (Å²) in [4.78, 5) is 12.3. The van der Waals surface area contributed by atoms with Gasteiger partial charge < -0.3 is 5.32 Å². The van der Waals surface area contributed by atoms with Crippen LogP contribution in [-0.2, 0) is 21.0 Å². The van der Waals surface area contributed by atoms with Gasteiger partial charge in [-0.25, -0.2) is 8.42 Å². The number of benzene rings is 2. The summed E-state index contributed by atoms with van der Waals surface area (Å²) in [6, 6.07) is 11.2. The van der Waals surface area contributed by atoms with E-state index in [1.807, 2.05) is 20.8 Å². The highest BCUT2D eigenvalue weighted by atomic mass is 32.2. The van der Waals surface area contributed by atoms with E-state index in [0.29, 0.717) is 16.6 Å². The molecule has 1 N–H and O–H groups in total. The fraction of sp³-hybridized carbons (Fsp3) is 0.381. The summed E-state index contributed by atoms with van der Waals surface area (Å²) in [5.74, 6) is 0.0102. The van der Waals surface area contributed by atoms with Crippen molar-refractivity contribution in [2.75, 3.05) is 23.1 Å². The number of anilines is 1. The first-order chi connectivity index (χ1) is 14.3. The van der Waals surface area contributed by atoms with E-state index in [2.05, 4.69) is 5.32 Å². The molecule has 0 aliphatic carbocycles. The smallest absolute Gasteiger partial charge is 0.354 e. The maximum atomic E-state index is 13.2. The van der Waals surface area contributed by atoms with Crippen molar-refractivity contribution in [1.82, 2.24) is 5.32 Å². The molecule has 0 saturated carbocycles. The van der Waals surface area contributed by atoms with Gasteiger partial charge >= 0.3 is 6.18 Å².